The summed E-state index contributed by atoms with van der Waals surface area (Å²) in [6.45, 7) is 2.16. The van der Waals surface area contributed by atoms with Gasteiger partial charge in [-0.1, -0.05) is 6.92 Å². The second-order valence-electron chi connectivity index (χ2n) is 2.43. The van der Waals surface area contributed by atoms with E-state index in [-0.39, 0.29) is 5.92 Å². The van der Waals surface area contributed by atoms with Crippen LogP contribution in [0.5, 0.6) is 0 Å². The summed E-state index contributed by atoms with van der Waals surface area (Å²) in [5.41, 5.74) is 0. The predicted molar refractivity (Wildman–Crippen MR) is 39.5 cm³/mol. The van der Waals surface area contributed by atoms with Crippen LogP contribution in [0.3, 0.4) is 0 Å². The second kappa shape index (κ2) is 5.09. The van der Waals surface area contributed by atoms with Gasteiger partial charge >= 0.3 is 5.97 Å². The number of hydrogen-bond acceptors (Lipinski definition) is 3. The van der Waals surface area contributed by atoms with E-state index in [1.807, 2.05) is 0 Å². The van der Waals surface area contributed by atoms with E-state index in [0.717, 1.165) is 0 Å². The fourth-order valence-corrected chi connectivity index (χ4v) is 0.927. The van der Waals surface area contributed by atoms with Gasteiger partial charge in [-0.05, 0) is 0 Å². The maximum atomic E-state index is 10.5. The van der Waals surface area contributed by atoms with Crippen LogP contribution in [-0.4, -0.2) is 38.0 Å². The van der Waals surface area contributed by atoms with E-state index in [0.29, 0.717) is 6.61 Å². The van der Waals surface area contributed by atoms with Crippen LogP contribution in [0.4, 0.5) is 0 Å². The SMILES string of the molecule is COCC(C)C(OC)C(=O)O. The molecule has 0 amide bonds. The van der Waals surface area contributed by atoms with Gasteiger partial charge in [-0.2, -0.15) is 0 Å². The molecule has 4 heteroatoms. The van der Waals surface area contributed by atoms with Gasteiger partial charge in [0, 0.05) is 20.1 Å². The van der Waals surface area contributed by atoms with Gasteiger partial charge in [0.2, 0.25) is 0 Å². The lowest BCUT2D eigenvalue weighted by atomic mass is 10.1. The molecule has 0 saturated heterocycles. The summed E-state index contributed by atoms with van der Waals surface area (Å²) in [5.74, 6) is -1.07. The summed E-state index contributed by atoms with van der Waals surface area (Å²) in [7, 11) is 2.91. The molecule has 0 aliphatic heterocycles. The molecule has 66 valence electrons. The first-order valence-electron chi connectivity index (χ1n) is 3.38. The first-order chi connectivity index (χ1) is 5.13. The van der Waals surface area contributed by atoms with Crippen molar-refractivity contribution in [3.63, 3.8) is 0 Å². The summed E-state index contributed by atoms with van der Waals surface area (Å²) < 4.78 is 9.54. The molecule has 0 aromatic rings. The Labute approximate surface area is 66.1 Å². The first kappa shape index (κ1) is 10.4. The van der Waals surface area contributed by atoms with Gasteiger partial charge in [0.15, 0.2) is 6.10 Å². The third-order valence-corrected chi connectivity index (χ3v) is 1.44. The Morgan fingerprint density at radius 1 is 1.55 bits per heavy atom. The van der Waals surface area contributed by atoms with Gasteiger partial charge in [0.05, 0.1) is 6.61 Å². The molecule has 2 atom stereocenters. The Balaban J connectivity index is 3.91. The summed E-state index contributed by atoms with van der Waals surface area (Å²) in [6, 6.07) is 0. The average molecular weight is 162 g/mol. The van der Waals surface area contributed by atoms with Crippen molar-refractivity contribution in [2.75, 3.05) is 20.8 Å². The molecule has 0 aromatic carbocycles. The van der Waals surface area contributed by atoms with E-state index in [1.54, 1.807) is 6.92 Å². The number of carboxylic acid groups (broad SMARTS) is 1. The van der Waals surface area contributed by atoms with Crippen LogP contribution in [0.1, 0.15) is 6.92 Å². The largest absolute Gasteiger partial charge is 0.479 e. The molecule has 0 aromatic heterocycles. The third kappa shape index (κ3) is 3.34. The van der Waals surface area contributed by atoms with Gasteiger partial charge in [-0.15, -0.1) is 0 Å². The highest BCUT2D eigenvalue weighted by atomic mass is 16.5. The number of ether oxygens (including phenoxy) is 2. The summed E-state index contributed by atoms with van der Waals surface area (Å²) in [6.07, 6.45) is -0.769. The third-order valence-electron chi connectivity index (χ3n) is 1.44. The molecule has 0 radical (unpaired) electrons. The Kier molecular flexibility index (Phi) is 4.81. The van der Waals surface area contributed by atoms with Crippen LogP contribution in [-0.2, 0) is 14.3 Å². The highest BCUT2D eigenvalue weighted by Gasteiger charge is 2.23. The average Bonchev–Trinajstić information content (AvgIpc) is 1.88. The Hall–Kier alpha value is -0.610. The van der Waals surface area contributed by atoms with Crippen molar-refractivity contribution in [1.29, 1.82) is 0 Å². The molecule has 0 bridgehead atoms. The van der Waals surface area contributed by atoms with E-state index >= 15 is 0 Å². The standard InChI is InChI=1S/C7H14O4/c1-5(4-10-2)6(11-3)7(8)9/h5-6H,4H2,1-3H3,(H,8,9). The van der Waals surface area contributed by atoms with Crippen molar-refractivity contribution in [1.82, 2.24) is 0 Å². The minimum absolute atomic E-state index is 0.123. The quantitative estimate of drug-likeness (QED) is 0.634. The Morgan fingerprint density at radius 3 is 2.36 bits per heavy atom. The molecule has 0 saturated carbocycles. The van der Waals surface area contributed by atoms with Crippen LogP contribution in [0.15, 0.2) is 0 Å². The fraction of sp³-hybridized carbons (Fsp3) is 0.857. The number of methoxy groups -OCH3 is 2. The summed E-state index contributed by atoms with van der Waals surface area (Å²) in [5, 5.41) is 8.59. The van der Waals surface area contributed by atoms with Crippen LogP contribution < -0.4 is 0 Å². The van der Waals surface area contributed by atoms with Crippen molar-refractivity contribution >= 4 is 5.97 Å². The zero-order valence-electron chi connectivity index (χ0n) is 7.03. The number of carbonyl (C=O) groups is 1. The van der Waals surface area contributed by atoms with Crippen molar-refractivity contribution in [2.24, 2.45) is 5.92 Å². The van der Waals surface area contributed by atoms with E-state index in [4.69, 9.17) is 14.6 Å². The molecule has 11 heavy (non-hydrogen) atoms. The minimum Gasteiger partial charge on any atom is -0.479 e. The molecule has 0 aliphatic rings. The van der Waals surface area contributed by atoms with Crippen molar-refractivity contribution in [2.45, 2.75) is 13.0 Å². The molecule has 2 unspecified atom stereocenters. The molecule has 0 rings (SSSR count). The normalized spacial score (nSPS) is 15.9. The highest BCUT2D eigenvalue weighted by Crippen LogP contribution is 2.06. The molecule has 0 heterocycles. The number of carboxylic acids is 1. The van der Waals surface area contributed by atoms with E-state index in [9.17, 15) is 4.79 Å². The number of rotatable bonds is 5. The molecule has 1 N–H and O–H groups in total. The van der Waals surface area contributed by atoms with E-state index in [1.165, 1.54) is 14.2 Å². The molecule has 0 aliphatic carbocycles. The summed E-state index contributed by atoms with van der Waals surface area (Å²) in [4.78, 5) is 10.5. The molecular weight excluding hydrogens is 148 g/mol. The van der Waals surface area contributed by atoms with E-state index in [2.05, 4.69) is 0 Å². The maximum Gasteiger partial charge on any atom is 0.333 e. The zero-order chi connectivity index (χ0) is 8.85. The fourth-order valence-electron chi connectivity index (χ4n) is 0.927. The number of hydrogen-bond donors (Lipinski definition) is 1. The molecule has 0 spiro atoms. The lowest BCUT2D eigenvalue weighted by molar-refractivity contribution is -0.152. The van der Waals surface area contributed by atoms with Crippen molar-refractivity contribution < 1.29 is 19.4 Å². The first-order valence-corrected chi connectivity index (χ1v) is 3.38. The number of aliphatic carboxylic acids is 1. The van der Waals surface area contributed by atoms with Gasteiger partial charge in [0.1, 0.15) is 0 Å². The van der Waals surface area contributed by atoms with E-state index < -0.39 is 12.1 Å². The zero-order valence-corrected chi connectivity index (χ0v) is 7.03. The predicted octanol–water partition coefficient (Wildman–Crippen LogP) is 0.368. The van der Waals surface area contributed by atoms with Gasteiger partial charge in [0.25, 0.3) is 0 Å². The van der Waals surface area contributed by atoms with Crippen LogP contribution in [0, 0.1) is 5.92 Å². The summed E-state index contributed by atoms with van der Waals surface area (Å²) >= 11 is 0. The lowest BCUT2D eigenvalue weighted by Crippen LogP contribution is -2.32. The van der Waals surface area contributed by atoms with Crippen LogP contribution >= 0.6 is 0 Å². The second-order valence-corrected chi connectivity index (χ2v) is 2.43. The monoisotopic (exact) mass is 162 g/mol. The van der Waals surface area contributed by atoms with Gasteiger partial charge in [-0.25, -0.2) is 4.79 Å². The van der Waals surface area contributed by atoms with Crippen molar-refractivity contribution in [3.8, 4) is 0 Å². The van der Waals surface area contributed by atoms with Crippen LogP contribution in [0.2, 0.25) is 0 Å². The van der Waals surface area contributed by atoms with Crippen LogP contribution in [0.25, 0.3) is 0 Å². The Bertz CT molecular complexity index is 124. The highest BCUT2D eigenvalue weighted by molar-refractivity contribution is 5.72. The molecular formula is C7H14O4. The maximum absolute atomic E-state index is 10.5. The smallest absolute Gasteiger partial charge is 0.333 e. The molecule has 0 fully saturated rings. The van der Waals surface area contributed by atoms with Gasteiger partial charge < -0.3 is 14.6 Å². The van der Waals surface area contributed by atoms with Gasteiger partial charge in [-0.3, -0.25) is 0 Å². The Morgan fingerprint density at radius 2 is 2.09 bits per heavy atom. The topological polar surface area (TPSA) is 55.8 Å². The van der Waals surface area contributed by atoms with Crippen molar-refractivity contribution in [3.05, 3.63) is 0 Å². The molecule has 4 nitrogen and oxygen atoms in total. The minimum atomic E-state index is -0.947. The lowest BCUT2D eigenvalue weighted by Gasteiger charge is -2.17.